The van der Waals surface area contributed by atoms with Gasteiger partial charge in [-0.25, -0.2) is 0 Å². The van der Waals surface area contributed by atoms with E-state index in [1.54, 1.807) is 25.7 Å². The van der Waals surface area contributed by atoms with Crippen molar-refractivity contribution in [2.24, 2.45) is 40.9 Å². The van der Waals surface area contributed by atoms with E-state index in [0.29, 0.717) is 0 Å². The molecule has 0 aromatic rings. The van der Waals surface area contributed by atoms with Crippen LogP contribution in [0.1, 0.15) is 46.0 Å². The van der Waals surface area contributed by atoms with Gasteiger partial charge in [0.2, 0.25) is 0 Å². The molecule has 4 aliphatic carbocycles. The molecule has 6 unspecified atom stereocenters. The van der Waals surface area contributed by atoms with Crippen LogP contribution in [0.15, 0.2) is 0 Å². The lowest BCUT2D eigenvalue weighted by atomic mass is 9.84. The fourth-order valence-electron chi connectivity index (χ4n) is 5.91. The van der Waals surface area contributed by atoms with Gasteiger partial charge in [-0.1, -0.05) is 20.3 Å². The molecule has 4 saturated carbocycles. The second-order valence-corrected chi connectivity index (χ2v) is 6.67. The lowest BCUT2D eigenvalue weighted by Gasteiger charge is -2.21. The van der Waals surface area contributed by atoms with Gasteiger partial charge >= 0.3 is 0 Å². The van der Waals surface area contributed by atoms with Crippen LogP contribution < -0.4 is 0 Å². The van der Waals surface area contributed by atoms with Crippen LogP contribution in [-0.2, 0) is 0 Å². The van der Waals surface area contributed by atoms with Crippen molar-refractivity contribution in [1.82, 2.24) is 0 Å². The van der Waals surface area contributed by atoms with E-state index in [1.165, 1.54) is 30.1 Å². The molecular formula is C14H22. The molecule has 14 heavy (non-hydrogen) atoms. The van der Waals surface area contributed by atoms with E-state index < -0.39 is 0 Å². The van der Waals surface area contributed by atoms with Gasteiger partial charge in [0, 0.05) is 0 Å². The highest BCUT2D eigenvalue weighted by atomic mass is 14.9. The van der Waals surface area contributed by atoms with Gasteiger partial charge in [-0.15, -0.1) is 0 Å². The van der Waals surface area contributed by atoms with Gasteiger partial charge < -0.3 is 0 Å². The fourth-order valence-corrected chi connectivity index (χ4v) is 5.91. The van der Waals surface area contributed by atoms with Crippen LogP contribution >= 0.6 is 0 Å². The maximum atomic E-state index is 2.46. The van der Waals surface area contributed by atoms with Crippen molar-refractivity contribution in [3.63, 3.8) is 0 Å². The first-order valence-corrected chi connectivity index (χ1v) is 6.80. The largest absolute Gasteiger partial charge is 0.0651 e. The molecule has 0 aromatic heterocycles. The van der Waals surface area contributed by atoms with E-state index in [0.717, 1.165) is 17.3 Å². The highest BCUT2D eigenvalue weighted by Crippen LogP contribution is 2.95. The summed E-state index contributed by atoms with van der Waals surface area (Å²) in [5.41, 5.74) is 1.01. The van der Waals surface area contributed by atoms with Crippen LogP contribution in [0.5, 0.6) is 0 Å². The first kappa shape index (κ1) is 8.19. The molecule has 4 fully saturated rings. The summed E-state index contributed by atoms with van der Waals surface area (Å²) in [5, 5.41) is 0. The molecule has 0 aromatic carbocycles. The quantitative estimate of drug-likeness (QED) is 0.636. The average Bonchev–Trinajstić information content (AvgIpc) is 2.89. The average molecular weight is 190 g/mol. The Morgan fingerprint density at radius 3 is 2.64 bits per heavy atom. The lowest BCUT2D eigenvalue weighted by molar-refractivity contribution is 0.288. The summed E-state index contributed by atoms with van der Waals surface area (Å²) in [6, 6.07) is 0. The Kier molecular flexibility index (Phi) is 1.30. The number of hydrogen-bond donors (Lipinski definition) is 0. The fraction of sp³-hybridized carbons (Fsp3) is 1.00. The summed E-state index contributed by atoms with van der Waals surface area (Å²) in [4.78, 5) is 0. The van der Waals surface area contributed by atoms with Crippen molar-refractivity contribution >= 4 is 0 Å². The zero-order valence-electron chi connectivity index (χ0n) is 9.50. The van der Waals surface area contributed by atoms with Gasteiger partial charge in [-0.2, -0.15) is 0 Å². The topological polar surface area (TPSA) is 0 Å². The summed E-state index contributed by atoms with van der Waals surface area (Å²) >= 11 is 0. The Balaban J connectivity index is 1.49. The minimum absolute atomic E-state index is 0.994. The third kappa shape index (κ3) is 0.657. The standard InChI is InChI=1S/C14H22/c1-3-8(2)6-9-7-12-10-4-5-11-13(9)14(10,11)12/h8-13H,3-7H2,1-2H3/t8?,9?,10?,11-,12?,13?,14?/m1/s1. The van der Waals surface area contributed by atoms with Crippen molar-refractivity contribution in [1.29, 1.82) is 0 Å². The van der Waals surface area contributed by atoms with E-state index >= 15 is 0 Å². The number of fused-ring (bicyclic) bond motifs is 2. The van der Waals surface area contributed by atoms with Crippen LogP contribution in [0, 0.1) is 40.9 Å². The van der Waals surface area contributed by atoms with Crippen LogP contribution in [0.3, 0.4) is 0 Å². The molecule has 4 aliphatic rings. The molecule has 1 spiro atoms. The van der Waals surface area contributed by atoms with Crippen molar-refractivity contribution in [2.75, 3.05) is 0 Å². The van der Waals surface area contributed by atoms with Gasteiger partial charge in [-0.05, 0) is 66.6 Å². The van der Waals surface area contributed by atoms with Gasteiger partial charge in [0.05, 0.1) is 0 Å². The molecule has 0 radical (unpaired) electrons. The minimum Gasteiger partial charge on any atom is -0.0651 e. The SMILES string of the molecule is CCC(C)CC1CC2C3CC[C@@H]4C1C324. The van der Waals surface area contributed by atoms with Crippen LogP contribution in [-0.4, -0.2) is 0 Å². The molecule has 0 nitrogen and oxygen atoms in total. The zero-order valence-corrected chi connectivity index (χ0v) is 9.50. The van der Waals surface area contributed by atoms with Gasteiger partial charge in [0.15, 0.2) is 0 Å². The summed E-state index contributed by atoms with van der Waals surface area (Å²) in [6.45, 7) is 4.81. The second kappa shape index (κ2) is 2.23. The first-order chi connectivity index (χ1) is 6.80. The van der Waals surface area contributed by atoms with E-state index in [1.807, 2.05) is 0 Å². The van der Waals surface area contributed by atoms with Crippen LogP contribution in [0.2, 0.25) is 0 Å². The Morgan fingerprint density at radius 2 is 2.00 bits per heavy atom. The van der Waals surface area contributed by atoms with E-state index in [9.17, 15) is 0 Å². The third-order valence-electron chi connectivity index (χ3n) is 6.46. The van der Waals surface area contributed by atoms with E-state index in [-0.39, 0.29) is 0 Å². The molecular weight excluding hydrogens is 168 g/mol. The molecule has 0 heteroatoms. The van der Waals surface area contributed by atoms with Crippen LogP contribution in [0.25, 0.3) is 0 Å². The molecule has 0 N–H and O–H groups in total. The highest BCUT2D eigenvalue weighted by molar-refractivity contribution is 5.37. The molecule has 78 valence electrons. The van der Waals surface area contributed by atoms with Crippen molar-refractivity contribution < 1.29 is 0 Å². The number of rotatable bonds is 3. The van der Waals surface area contributed by atoms with Crippen molar-refractivity contribution in [2.45, 2.75) is 46.0 Å². The Labute approximate surface area is 87.5 Å². The monoisotopic (exact) mass is 190 g/mol. The van der Waals surface area contributed by atoms with Crippen molar-refractivity contribution in [3.8, 4) is 0 Å². The molecule has 0 saturated heterocycles. The minimum atomic E-state index is 0.994. The van der Waals surface area contributed by atoms with Gasteiger partial charge in [0.25, 0.3) is 0 Å². The number of hydrogen-bond acceptors (Lipinski definition) is 0. The Bertz CT molecular complexity index is 278. The predicted molar refractivity (Wildman–Crippen MR) is 57.8 cm³/mol. The first-order valence-electron chi connectivity index (χ1n) is 6.80. The highest BCUT2D eigenvalue weighted by Gasteiger charge is 2.90. The van der Waals surface area contributed by atoms with Crippen LogP contribution in [0.4, 0.5) is 0 Å². The summed E-state index contributed by atoms with van der Waals surface area (Å²) in [7, 11) is 0. The summed E-state index contributed by atoms with van der Waals surface area (Å²) in [6.07, 6.45) is 7.82. The Morgan fingerprint density at radius 1 is 1.21 bits per heavy atom. The molecule has 0 heterocycles. The van der Waals surface area contributed by atoms with E-state index in [4.69, 9.17) is 0 Å². The molecule has 0 bridgehead atoms. The van der Waals surface area contributed by atoms with E-state index in [2.05, 4.69) is 13.8 Å². The lowest BCUT2D eigenvalue weighted by Crippen LogP contribution is -2.12. The predicted octanol–water partition coefficient (Wildman–Crippen LogP) is 3.71. The molecule has 7 atom stereocenters. The van der Waals surface area contributed by atoms with Crippen molar-refractivity contribution in [3.05, 3.63) is 0 Å². The smallest absolute Gasteiger partial charge is 0.0170 e. The zero-order chi connectivity index (χ0) is 9.50. The molecule has 0 amide bonds. The maximum absolute atomic E-state index is 2.46. The van der Waals surface area contributed by atoms with Gasteiger partial charge in [-0.3, -0.25) is 0 Å². The second-order valence-electron chi connectivity index (χ2n) is 6.67. The Hall–Kier alpha value is 0. The summed E-state index contributed by atoms with van der Waals surface area (Å²) < 4.78 is 0. The normalized spacial score (nSPS) is 63.4. The van der Waals surface area contributed by atoms with Gasteiger partial charge in [0.1, 0.15) is 0 Å². The third-order valence-corrected chi connectivity index (χ3v) is 6.46. The molecule has 4 rings (SSSR count). The molecule has 0 aliphatic heterocycles. The summed E-state index contributed by atoms with van der Waals surface area (Å²) in [5.74, 6) is 7.11. The maximum Gasteiger partial charge on any atom is -0.0170 e.